The number of non-ortho nitro benzene ring substituents is 1. The molecule has 1 aliphatic carbocycles. The van der Waals surface area contributed by atoms with Gasteiger partial charge in [0.1, 0.15) is 0 Å². The summed E-state index contributed by atoms with van der Waals surface area (Å²) >= 11 is 2.35. The standard InChI is InChI=1S/C17H20N6O4S2/c24-14(18-12-7-4-8-13(9-12)23(26)27)10-28-17-22-21-16(29-17)20-15(25)19-11-5-2-1-3-6-11/h4,7-9,11H,1-3,5-6,10H2,(H,18,24)(H2,19,20,21,25). The molecule has 0 saturated heterocycles. The van der Waals surface area contributed by atoms with Crippen LogP contribution in [0, 0.1) is 10.1 Å². The second-order valence-corrected chi connectivity index (χ2v) is 8.65. The van der Waals surface area contributed by atoms with Crippen LogP contribution in [0.5, 0.6) is 0 Å². The number of urea groups is 1. The number of hydrogen-bond acceptors (Lipinski definition) is 8. The molecule has 0 radical (unpaired) electrons. The van der Waals surface area contributed by atoms with Crippen LogP contribution in [0.1, 0.15) is 32.1 Å². The maximum atomic E-state index is 12.0. The number of nitro groups is 1. The van der Waals surface area contributed by atoms with Crippen LogP contribution in [0.2, 0.25) is 0 Å². The van der Waals surface area contributed by atoms with Gasteiger partial charge in [0, 0.05) is 23.9 Å². The number of anilines is 2. The molecule has 29 heavy (non-hydrogen) atoms. The Kier molecular flexibility index (Phi) is 7.36. The Morgan fingerprint density at radius 2 is 2.00 bits per heavy atom. The van der Waals surface area contributed by atoms with E-state index in [1.807, 2.05) is 0 Å². The minimum atomic E-state index is -0.523. The number of nitrogens with zero attached hydrogens (tertiary/aromatic N) is 3. The SMILES string of the molecule is O=C(CSc1nnc(NC(=O)NC2CCCCC2)s1)Nc1cccc([N+](=O)[O-])c1. The average Bonchev–Trinajstić information content (AvgIpc) is 3.14. The molecule has 12 heteroatoms. The summed E-state index contributed by atoms with van der Waals surface area (Å²) in [6, 6.07) is 5.62. The third kappa shape index (κ3) is 6.68. The molecule has 3 rings (SSSR count). The van der Waals surface area contributed by atoms with Crippen molar-refractivity contribution in [1.82, 2.24) is 15.5 Å². The van der Waals surface area contributed by atoms with Crippen LogP contribution >= 0.6 is 23.1 Å². The van der Waals surface area contributed by atoms with Gasteiger partial charge < -0.3 is 10.6 Å². The van der Waals surface area contributed by atoms with Gasteiger partial charge in [0.05, 0.1) is 10.7 Å². The number of benzene rings is 1. The molecule has 10 nitrogen and oxygen atoms in total. The first-order valence-corrected chi connectivity index (χ1v) is 10.9. The minimum absolute atomic E-state index is 0.0611. The lowest BCUT2D eigenvalue weighted by Crippen LogP contribution is -2.38. The van der Waals surface area contributed by atoms with Gasteiger partial charge in [-0.3, -0.25) is 20.2 Å². The van der Waals surface area contributed by atoms with E-state index in [2.05, 4.69) is 26.1 Å². The monoisotopic (exact) mass is 436 g/mol. The number of aromatic nitrogens is 2. The van der Waals surface area contributed by atoms with Crippen LogP contribution < -0.4 is 16.0 Å². The Bertz CT molecular complexity index is 884. The van der Waals surface area contributed by atoms with Gasteiger partial charge in [0.2, 0.25) is 11.0 Å². The number of carbonyl (C=O) groups excluding carboxylic acids is 2. The summed E-state index contributed by atoms with van der Waals surface area (Å²) in [5.74, 6) is -0.263. The second kappa shape index (κ2) is 10.2. The fourth-order valence-corrected chi connectivity index (χ4v) is 4.45. The van der Waals surface area contributed by atoms with E-state index in [-0.39, 0.29) is 29.4 Å². The molecule has 2 aromatic rings. The summed E-state index contributed by atoms with van der Waals surface area (Å²) in [4.78, 5) is 34.3. The van der Waals surface area contributed by atoms with E-state index in [0.29, 0.717) is 15.2 Å². The van der Waals surface area contributed by atoms with Gasteiger partial charge in [-0.05, 0) is 18.9 Å². The van der Waals surface area contributed by atoms with Crippen LogP contribution in [-0.2, 0) is 4.79 Å². The number of nitrogens with one attached hydrogen (secondary N) is 3. The molecule has 0 bridgehead atoms. The molecule has 0 unspecified atom stereocenters. The van der Waals surface area contributed by atoms with Gasteiger partial charge in [-0.15, -0.1) is 10.2 Å². The van der Waals surface area contributed by atoms with Crippen LogP contribution in [0.4, 0.5) is 21.3 Å². The zero-order valence-corrected chi connectivity index (χ0v) is 17.1. The zero-order chi connectivity index (χ0) is 20.6. The number of hydrogen-bond donors (Lipinski definition) is 3. The van der Waals surface area contributed by atoms with E-state index in [1.165, 1.54) is 47.7 Å². The summed E-state index contributed by atoms with van der Waals surface area (Å²) < 4.78 is 0.534. The van der Waals surface area contributed by atoms with Crippen molar-refractivity contribution >= 4 is 51.5 Å². The molecule has 154 valence electrons. The van der Waals surface area contributed by atoms with Gasteiger partial charge in [0.25, 0.3) is 5.69 Å². The Morgan fingerprint density at radius 3 is 2.76 bits per heavy atom. The first-order chi connectivity index (χ1) is 14.0. The van der Waals surface area contributed by atoms with Crippen molar-refractivity contribution < 1.29 is 14.5 Å². The molecule has 1 aromatic heterocycles. The highest BCUT2D eigenvalue weighted by atomic mass is 32.2. The topological polar surface area (TPSA) is 139 Å². The van der Waals surface area contributed by atoms with Crippen molar-refractivity contribution in [2.45, 2.75) is 42.5 Å². The first-order valence-electron chi connectivity index (χ1n) is 9.08. The number of thioether (sulfide) groups is 1. The van der Waals surface area contributed by atoms with E-state index in [0.717, 1.165) is 25.7 Å². The molecule has 0 spiro atoms. The minimum Gasteiger partial charge on any atom is -0.335 e. The highest BCUT2D eigenvalue weighted by molar-refractivity contribution is 8.01. The molecule has 1 aliphatic rings. The van der Waals surface area contributed by atoms with Gasteiger partial charge in [-0.25, -0.2) is 4.79 Å². The average molecular weight is 437 g/mol. The molecule has 1 heterocycles. The van der Waals surface area contributed by atoms with Crippen LogP contribution in [0.15, 0.2) is 28.6 Å². The molecule has 0 aliphatic heterocycles. The van der Waals surface area contributed by atoms with E-state index in [1.54, 1.807) is 6.07 Å². The second-order valence-electron chi connectivity index (χ2n) is 6.45. The molecule has 0 atom stereocenters. The highest BCUT2D eigenvalue weighted by Gasteiger charge is 2.17. The van der Waals surface area contributed by atoms with Gasteiger partial charge in [-0.1, -0.05) is 48.4 Å². The summed E-state index contributed by atoms with van der Waals surface area (Å²) in [7, 11) is 0. The number of carbonyl (C=O) groups is 2. The van der Waals surface area contributed by atoms with Gasteiger partial charge >= 0.3 is 6.03 Å². The van der Waals surface area contributed by atoms with Crippen molar-refractivity contribution in [3.05, 3.63) is 34.4 Å². The fourth-order valence-electron chi connectivity index (χ4n) is 2.91. The molecular weight excluding hydrogens is 416 g/mol. The lowest BCUT2D eigenvalue weighted by molar-refractivity contribution is -0.384. The van der Waals surface area contributed by atoms with Gasteiger partial charge in [-0.2, -0.15) is 0 Å². The molecule has 1 saturated carbocycles. The van der Waals surface area contributed by atoms with Crippen molar-refractivity contribution in [2.24, 2.45) is 0 Å². The number of nitro benzene ring substituents is 1. The summed E-state index contributed by atoms with van der Waals surface area (Å²) in [6.45, 7) is 0. The molecule has 3 amide bonds. The molecular formula is C17H20N6O4S2. The van der Waals surface area contributed by atoms with E-state index >= 15 is 0 Å². The third-order valence-corrected chi connectivity index (χ3v) is 6.21. The Hall–Kier alpha value is -2.73. The smallest absolute Gasteiger partial charge is 0.321 e. The van der Waals surface area contributed by atoms with Gasteiger partial charge in [0.15, 0.2) is 4.34 Å². The maximum Gasteiger partial charge on any atom is 0.321 e. The molecule has 1 aromatic carbocycles. The molecule has 1 fully saturated rings. The van der Waals surface area contributed by atoms with E-state index in [4.69, 9.17) is 0 Å². The molecule has 3 N–H and O–H groups in total. The number of rotatable bonds is 7. The summed E-state index contributed by atoms with van der Waals surface area (Å²) in [5, 5.41) is 27.2. The lowest BCUT2D eigenvalue weighted by atomic mass is 9.96. The lowest BCUT2D eigenvalue weighted by Gasteiger charge is -2.22. The summed E-state index contributed by atoms with van der Waals surface area (Å²) in [6.07, 6.45) is 5.45. The largest absolute Gasteiger partial charge is 0.335 e. The number of amides is 3. The quantitative estimate of drug-likeness (QED) is 0.261. The van der Waals surface area contributed by atoms with E-state index in [9.17, 15) is 19.7 Å². The first kappa shape index (κ1) is 21.0. The van der Waals surface area contributed by atoms with Crippen molar-refractivity contribution in [2.75, 3.05) is 16.4 Å². The van der Waals surface area contributed by atoms with E-state index < -0.39 is 4.92 Å². The van der Waals surface area contributed by atoms with Crippen molar-refractivity contribution in [3.63, 3.8) is 0 Å². The maximum absolute atomic E-state index is 12.0. The predicted molar refractivity (Wildman–Crippen MR) is 111 cm³/mol. The van der Waals surface area contributed by atoms with Crippen LogP contribution in [-0.4, -0.2) is 38.9 Å². The van der Waals surface area contributed by atoms with Crippen molar-refractivity contribution in [3.8, 4) is 0 Å². The third-order valence-electron chi connectivity index (χ3n) is 4.23. The Balaban J connectivity index is 1.43. The summed E-state index contributed by atoms with van der Waals surface area (Å²) in [5.41, 5.74) is 0.255. The Labute approximate surface area is 175 Å². The fraction of sp³-hybridized carbons (Fsp3) is 0.412. The van der Waals surface area contributed by atoms with Crippen LogP contribution in [0.25, 0.3) is 0 Å². The Morgan fingerprint density at radius 1 is 1.21 bits per heavy atom. The predicted octanol–water partition coefficient (Wildman–Crippen LogP) is 3.63. The van der Waals surface area contributed by atoms with Crippen molar-refractivity contribution in [1.29, 1.82) is 0 Å². The van der Waals surface area contributed by atoms with Crippen LogP contribution in [0.3, 0.4) is 0 Å². The normalized spacial score (nSPS) is 14.2. The highest BCUT2D eigenvalue weighted by Crippen LogP contribution is 2.26. The zero-order valence-electron chi connectivity index (χ0n) is 15.4.